The number of nitrogens with zero attached hydrogens (tertiary/aromatic N) is 5. The van der Waals surface area contributed by atoms with Gasteiger partial charge < -0.3 is 14.0 Å². The van der Waals surface area contributed by atoms with Gasteiger partial charge in [0, 0.05) is 38.7 Å². The van der Waals surface area contributed by atoms with Crippen molar-refractivity contribution in [2.24, 2.45) is 0 Å². The Balaban J connectivity index is 1.34. The van der Waals surface area contributed by atoms with Gasteiger partial charge in [0.05, 0.1) is 17.6 Å². The highest BCUT2D eigenvalue weighted by molar-refractivity contribution is 7.88. The summed E-state index contributed by atoms with van der Waals surface area (Å²) in [5.41, 5.74) is 3.24. The van der Waals surface area contributed by atoms with Crippen molar-refractivity contribution in [3.05, 3.63) is 77.4 Å². The van der Waals surface area contributed by atoms with E-state index in [4.69, 9.17) is 9.51 Å². The van der Waals surface area contributed by atoms with Gasteiger partial charge in [-0.3, -0.25) is 0 Å². The average molecular weight is 484 g/mol. The zero-order valence-corrected chi connectivity index (χ0v) is 19.7. The molecule has 0 spiro atoms. The molecule has 1 aliphatic heterocycles. The second-order valence-electron chi connectivity index (χ2n) is 8.39. The van der Waals surface area contributed by atoms with Crippen LogP contribution in [-0.4, -0.2) is 53.6 Å². The van der Waals surface area contributed by atoms with Crippen LogP contribution < -0.4 is 4.90 Å². The Morgan fingerprint density at radius 2 is 1.76 bits per heavy atom. The van der Waals surface area contributed by atoms with Crippen LogP contribution in [0.4, 0.5) is 10.3 Å². The van der Waals surface area contributed by atoms with E-state index in [1.165, 1.54) is 16.4 Å². The maximum atomic E-state index is 13.4. The topological polar surface area (TPSA) is 84.5 Å². The van der Waals surface area contributed by atoms with Crippen LogP contribution in [0, 0.1) is 5.82 Å². The SMILES string of the molecule is CCc1cc(CS(=O)(=O)N2CCN(c3nc4ccccc4n3Cc3ccc(F)cc3)CC2)no1. The first-order chi connectivity index (χ1) is 16.4. The standard InChI is InChI=1S/C24H26FN5O3S/c1-2-21-15-20(27-33-21)17-34(31,32)29-13-11-28(12-14-29)24-26-22-5-3-4-6-23(22)30(24)16-18-7-9-19(25)10-8-18/h3-10,15H,2,11-14,16-17H2,1H3. The number of aromatic nitrogens is 3. The fraction of sp³-hybridized carbons (Fsp3) is 0.333. The van der Waals surface area contributed by atoms with E-state index in [2.05, 4.69) is 14.6 Å². The van der Waals surface area contributed by atoms with Crippen molar-refractivity contribution in [3.63, 3.8) is 0 Å². The molecule has 0 radical (unpaired) electrons. The van der Waals surface area contributed by atoms with Gasteiger partial charge in [-0.1, -0.05) is 36.3 Å². The van der Waals surface area contributed by atoms with Gasteiger partial charge in [-0.05, 0) is 29.8 Å². The fourth-order valence-electron chi connectivity index (χ4n) is 4.27. The normalized spacial score (nSPS) is 15.3. The largest absolute Gasteiger partial charge is 0.361 e. The molecule has 4 aromatic rings. The van der Waals surface area contributed by atoms with Gasteiger partial charge in [0.1, 0.15) is 23.0 Å². The number of sulfonamides is 1. The van der Waals surface area contributed by atoms with E-state index in [0.717, 1.165) is 22.5 Å². The minimum absolute atomic E-state index is 0.167. The monoisotopic (exact) mass is 483 g/mol. The minimum atomic E-state index is -3.50. The Labute approximate surface area is 197 Å². The molecule has 1 aliphatic rings. The van der Waals surface area contributed by atoms with Gasteiger partial charge in [-0.2, -0.15) is 4.31 Å². The third-order valence-corrected chi connectivity index (χ3v) is 7.90. The summed E-state index contributed by atoms with van der Waals surface area (Å²) in [7, 11) is -3.50. The lowest BCUT2D eigenvalue weighted by atomic mass is 10.2. The van der Waals surface area contributed by atoms with Crippen molar-refractivity contribution in [2.45, 2.75) is 25.6 Å². The highest BCUT2D eigenvalue weighted by Gasteiger charge is 2.30. The maximum Gasteiger partial charge on any atom is 0.220 e. The molecule has 178 valence electrons. The Bertz CT molecular complexity index is 1390. The van der Waals surface area contributed by atoms with E-state index in [1.54, 1.807) is 18.2 Å². The number of hydrogen-bond acceptors (Lipinski definition) is 6. The van der Waals surface area contributed by atoms with E-state index in [1.807, 2.05) is 31.2 Å². The van der Waals surface area contributed by atoms with Gasteiger partial charge in [0.15, 0.2) is 0 Å². The third kappa shape index (κ3) is 4.55. The maximum absolute atomic E-state index is 13.4. The summed E-state index contributed by atoms with van der Waals surface area (Å²) in [6.45, 7) is 4.24. The van der Waals surface area contributed by atoms with Crippen molar-refractivity contribution in [3.8, 4) is 0 Å². The van der Waals surface area contributed by atoms with E-state index in [-0.39, 0.29) is 11.6 Å². The first-order valence-corrected chi connectivity index (χ1v) is 12.9. The number of aryl methyl sites for hydroxylation is 1. The molecule has 10 heteroatoms. The second kappa shape index (κ2) is 9.19. The van der Waals surface area contributed by atoms with Crippen molar-refractivity contribution in [1.29, 1.82) is 0 Å². The first-order valence-electron chi connectivity index (χ1n) is 11.3. The summed E-state index contributed by atoms with van der Waals surface area (Å²) in [5, 5.41) is 3.88. The molecule has 0 atom stereocenters. The lowest BCUT2D eigenvalue weighted by Crippen LogP contribution is -2.49. The van der Waals surface area contributed by atoms with Crippen LogP contribution in [0.1, 0.15) is 23.9 Å². The van der Waals surface area contributed by atoms with Gasteiger partial charge in [-0.25, -0.2) is 17.8 Å². The molecule has 2 aromatic heterocycles. The van der Waals surface area contributed by atoms with E-state index < -0.39 is 10.0 Å². The number of piperazine rings is 1. The first kappa shape index (κ1) is 22.5. The molecule has 0 aliphatic carbocycles. The zero-order valence-electron chi connectivity index (χ0n) is 18.9. The van der Waals surface area contributed by atoms with Gasteiger partial charge in [-0.15, -0.1) is 0 Å². The van der Waals surface area contributed by atoms with Crippen LogP contribution in [0.2, 0.25) is 0 Å². The summed E-state index contributed by atoms with van der Waals surface area (Å²) < 4.78 is 48.0. The number of fused-ring (bicyclic) bond motifs is 1. The molecule has 5 rings (SSSR count). The number of hydrogen-bond donors (Lipinski definition) is 0. The second-order valence-corrected chi connectivity index (χ2v) is 10.4. The number of imidazole rings is 1. The zero-order chi connectivity index (χ0) is 23.7. The van der Waals surface area contributed by atoms with Crippen LogP contribution in [0.3, 0.4) is 0 Å². The van der Waals surface area contributed by atoms with Crippen molar-refractivity contribution >= 4 is 27.0 Å². The number of para-hydroxylation sites is 2. The summed E-state index contributed by atoms with van der Waals surface area (Å²) in [6, 6.07) is 16.0. The quantitative estimate of drug-likeness (QED) is 0.401. The molecule has 1 saturated heterocycles. The summed E-state index contributed by atoms with van der Waals surface area (Å²) in [5.74, 6) is 1.02. The van der Waals surface area contributed by atoms with Crippen molar-refractivity contribution in [1.82, 2.24) is 19.0 Å². The Morgan fingerprint density at radius 1 is 1.03 bits per heavy atom. The lowest BCUT2D eigenvalue weighted by Gasteiger charge is -2.34. The molecule has 1 fully saturated rings. The fourth-order valence-corrected chi connectivity index (χ4v) is 5.68. The number of rotatable bonds is 7. The highest BCUT2D eigenvalue weighted by atomic mass is 32.2. The molecule has 0 bridgehead atoms. The number of halogens is 1. The summed E-state index contributed by atoms with van der Waals surface area (Å²) in [4.78, 5) is 6.95. The van der Waals surface area contributed by atoms with Crippen LogP contribution in [-0.2, 0) is 28.7 Å². The predicted octanol–water partition coefficient (Wildman–Crippen LogP) is 3.43. The average Bonchev–Trinajstić information content (AvgIpc) is 3.45. The molecule has 34 heavy (non-hydrogen) atoms. The van der Waals surface area contributed by atoms with Gasteiger partial charge in [0.2, 0.25) is 16.0 Å². The van der Waals surface area contributed by atoms with E-state index in [0.29, 0.717) is 50.6 Å². The Hall–Kier alpha value is -3.24. The number of anilines is 1. The summed E-state index contributed by atoms with van der Waals surface area (Å²) in [6.07, 6.45) is 0.671. The van der Waals surface area contributed by atoms with Gasteiger partial charge >= 0.3 is 0 Å². The Morgan fingerprint density at radius 3 is 2.47 bits per heavy atom. The van der Waals surface area contributed by atoms with Crippen LogP contribution in [0.15, 0.2) is 59.1 Å². The molecular formula is C24H26FN5O3S. The van der Waals surface area contributed by atoms with Crippen molar-refractivity contribution in [2.75, 3.05) is 31.1 Å². The van der Waals surface area contributed by atoms with E-state index >= 15 is 0 Å². The third-order valence-electron chi connectivity index (χ3n) is 6.09. The smallest absolute Gasteiger partial charge is 0.220 e. The van der Waals surface area contributed by atoms with Crippen LogP contribution in [0.25, 0.3) is 11.0 Å². The predicted molar refractivity (Wildman–Crippen MR) is 128 cm³/mol. The molecule has 3 heterocycles. The lowest BCUT2D eigenvalue weighted by molar-refractivity contribution is 0.373. The molecule has 0 unspecified atom stereocenters. The molecule has 2 aromatic carbocycles. The van der Waals surface area contributed by atoms with Crippen molar-refractivity contribution < 1.29 is 17.3 Å². The van der Waals surface area contributed by atoms with E-state index in [9.17, 15) is 12.8 Å². The number of benzene rings is 2. The molecule has 0 N–H and O–H groups in total. The molecular weight excluding hydrogens is 457 g/mol. The highest BCUT2D eigenvalue weighted by Crippen LogP contribution is 2.26. The minimum Gasteiger partial charge on any atom is -0.361 e. The molecule has 0 saturated carbocycles. The summed E-state index contributed by atoms with van der Waals surface area (Å²) >= 11 is 0. The molecule has 0 amide bonds. The van der Waals surface area contributed by atoms with Crippen LogP contribution in [0.5, 0.6) is 0 Å². The van der Waals surface area contributed by atoms with Crippen LogP contribution >= 0.6 is 0 Å². The Kier molecular flexibility index (Phi) is 6.09. The van der Waals surface area contributed by atoms with Gasteiger partial charge in [0.25, 0.3) is 0 Å². The molecule has 8 nitrogen and oxygen atoms in total.